The van der Waals surface area contributed by atoms with Crippen molar-refractivity contribution in [3.05, 3.63) is 0 Å². The van der Waals surface area contributed by atoms with Crippen LogP contribution in [0.25, 0.3) is 0 Å². The molecule has 0 fully saturated rings. The highest BCUT2D eigenvalue weighted by atomic mass is 32.2. The summed E-state index contributed by atoms with van der Waals surface area (Å²) in [5.74, 6) is 0.210. The number of carbonyl (C=O) groups is 2. The van der Waals surface area contributed by atoms with Crippen molar-refractivity contribution in [1.82, 2.24) is 0 Å². The summed E-state index contributed by atoms with van der Waals surface area (Å²) in [6, 6.07) is 0. The molecule has 0 saturated heterocycles. The molecule has 0 aromatic rings. The molecule has 0 aliphatic heterocycles. The smallest absolute Gasteiger partial charge is 0.142 e. The van der Waals surface area contributed by atoms with E-state index in [4.69, 9.17) is 12.2 Å². The Bertz CT molecular complexity index is 226. The normalized spacial score (nSPS) is 14.6. The van der Waals surface area contributed by atoms with Crippen molar-refractivity contribution in [3.8, 4) is 0 Å². The summed E-state index contributed by atoms with van der Waals surface area (Å²) in [4.78, 5) is 21.9. The summed E-state index contributed by atoms with van der Waals surface area (Å²) in [7, 11) is 0. The monoisotopic (exact) mass is 250 g/mol. The molecule has 0 radical (unpaired) electrons. The van der Waals surface area contributed by atoms with Gasteiger partial charge in [0.1, 0.15) is 15.1 Å². The molecule has 80 valence electrons. The van der Waals surface area contributed by atoms with Gasteiger partial charge in [0.05, 0.1) is 10.5 Å². The van der Waals surface area contributed by atoms with E-state index in [1.165, 1.54) is 23.5 Å². The van der Waals surface area contributed by atoms with Crippen molar-refractivity contribution >= 4 is 50.8 Å². The third-order valence-corrected chi connectivity index (χ3v) is 4.60. The maximum atomic E-state index is 10.9. The lowest BCUT2D eigenvalue weighted by Crippen LogP contribution is -2.13. The van der Waals surface area contributed by atoms with Crippen LogP contribution < -0.4 is 0 Å². The zero-order valence-electron chi connectivity index (χ0n) is 8.70. The first-order valence-electron chi connectivity index (χ1n) is 4.22. The largest absolute Gasteiger partial charge is 0.299 e. The van der Waals surface area contributed by atoms with Gasteiger partial charge in [0.25, 0.3) is 0 Å². The minimum atomic E-state index is -0.117. The number of thiocarbonyl (C=S) groups is 1. The summed E-state index contributed by atoms with van der Waals surface area (Å²) in [6.07, 6.45) is 0. The Morgan fingerprint density at radius 2 is 1.29 bits per heavy atom. The fourth-order valence-electron chi connectivity index (χ4n) is 0.482. The number of Topliss-reactive ketones (excluding diaryl/α,β-unsaturated/α-hetero) is 2. The molecule has 0 amide bonds. The number of rotatable bonds is 4. The van der Waals surface area contributed by atoms with Crippen LogP contribution >= 0.6 is 35.7 Å². The number of hydrogen-bond acceptors (Lipinski definition) is 5. The molecule has 2 unspecified atom stereocenters. The molecule has 0 aliphatic carbocycles. The summed E-state index contributed by atoms with van der Waals surface area (Å²) in [5, 5.41) is -0.233. The molecule has 0 bridgehead atoms. The van der Waals surface area contributed by atoms with Gasteiger partial charge in [-0.1, -0.05) is 35.7 Å². The van der Waals surface area contributed by atoms with Gasteiger partial charge in [-0.05, 0) is 27.7 Å². The fourth-order valence-corrected chi connectivity index (χ4v) is 3.35. The highest BCUT2D eigenvalue weighted by Gasteiger charge is 2.16. The van der Waals surface area contributed by atoms with Gasteiger partial charge < -0.3 is 0 Å². The van der Waals surface area contributed by atoms with Crippen molar-refractivity contribution in [2.75, 3.05) is 0 Å². The predicted molar refractivity (Wildman–Crippen MR) is 68.1 cm³/mol. The SMILES string of the molecule is CC(=O)C(C)SC(=S)SC(C)C(C)=O. The minimum absolute atomic E-state index is 0.105. The van der Waals surface area contributed by atoms with Crippen molar-refractivity contribution in [3.63, 3.8) is 0 Å². The Balaban J connectivity index is 3.99. The molecule has 0 aliphatic rings. The molecule has 0 N–H and O–H groups in total. The van der Waals surface area contributed by atoms with Crippen molar-refractivity contribution in [1.29, 1.82) is 0 Å². The molecular formula is C9H14O2S3. The third kappa shape index (κ3) is 5.78. The average Bonchev–Trinajstić information content (AvgIpc) is 2.03. The van der Waals surface area contributed by atoms with Gasteiger partial charge in [-0.3, -0.25) is 9.59 Å². The van der Waals surface area contributed by atoms with E-state index in [1.807, 2.05) is 13.8 Å². The van der Waals surface area contributed by atoms with E-state index in [0.717, 1.165) is 0 Å². The highest BCUT2D eigenvalue weighted by molar-refractivity contribution is 8.47. The molecule has 14 heavy (non-hydrogen) atoms. The van der Waals surface area contributed by atoms with Crippen LogP contribution in [0.4, 0.5) is 0 Å². The lowest BCUT2D eigenvalue weighted by atomic mass is 10.3. The summed E-state index contributed by atoms with van der Waals surface area (Å²) >= 11 is 7.76. The van der Waals surface area contributed by atoms with Crippen molar-refractivity contribution < 1.29 is 9.59 Å². The van der Waals surface area contributed by atoms with Crippen LogP contribution in [0.2, 0.25) is 0 Å². The fraction of sp³-hybridized carbons (Fsp3) is 0.667. The summed E-state index contributed by atoms with van der Waals surface area (Å²) < 4.78 is 0.662. The van der Waals surface area contributed by atoms with Crippen LogP contribution in [0.1, 0.15) is 27.7 Å². The summed E-state index contributed by atoms with van der Waals surface area (Å²) in [5.41, 5.74) is 0. The predicted octanol–water partition coefficient (Wildman–Crippen LogP) is 2.69. The molecule has 2 nitrogen and oxygen atoms in total. The number of carbonyl (C=O) groups excluding carboxylic acids is 2. The number of ketones is 2. The first-order valence-corrected chi connectivity index (χ1v) is 6.39. The zero-order chi connectivity index (χ0) is 11.3. The Labute approximate surface area is 98.6 Å². The van der Waals surface area contributed by atoms with Crippen LogP contribution in [0.15, 0.2) is 0 Å². The van der Waals surface area contributed by atoms with E-state index in [9.17, 15) is 9.59 Å². The highest BCUT2D eigenvalue weighted by Crippen LogP contribution is 2.26. The van der Waals surface area contributed by atoms with Crippen LogP contribution in [-0.2, 0) is 9.59 Å². The maximum absolute atomic E-state index is 10.9. The van der Waals surface area contributed by atoms with Gasteiger partial charge in [-0.2, -0.15) is 0 Å². The maximum Gasteiger partial charge on any atom is 0.142 e. The average molecular weight is 250 g/mol. The Kier molecular flexibility index (Phi) is 6.64. The molecule has 0 rings (SSSR count). The molecule has 0 saturated carbocycles. The van der Waals surface area contributed by atoms with E-state index in [-0.39, 0.29) is 22.1 Å². The zero-order valence-corrected chi connectivity index (χ0v) is 11.1. The lowest BCUT2D eigenvalue weighted by molar-refractivity contribution is -0.117. The van der Waals surface area contributed by atoms with Crippen molar-refractivity contribution in [2.24, 2.45) is 0 Å². The van der Waals surface area contributed by atoms with Gasteiger partial charge in [-0.15, -0.1) is 0 Å². The van der Waals surface area contributed by atoms with Gasteiger partial charge >= 0.3 is 0 Å². The number of hydrogen-bond donors (Lipinski definition) is 0. The standard InChI is InChI=1S/C9H14O2S3/c1-5(10)7(3)13-9(12)14-8(4)6(2)11/h7-8H,1-4H3. The molecule has 0 aromatic heterocycles. The number of thioether (sulfide) groups is 2. The van der Waals surface area contributed by atoms with E-state index in [1.54, 1.807) is 13.8 Å². The molecule has 0 aromatic carbocycles. The third-order valence-electron chi connectivity index (χ3n) is 1.69. The Morgan fingerprint density at radius 1 is 1.00 bits per heavy atom. The van der Waals surface area contributed by atoms with Crippen LogP contribution in [0.5, 0.6) is 0 Å². The molecule has 0 heterocycles. The second kappa shape index (κ2) is 6.58. The second-order valence-electron chi connectivity index (χ2n) is 2.99. The Morgan fingerprint density at radius 3 is 1.50 bits per heavy atom. The van der Waals surface area contributed by atoms with E-state index in [2.05, 4.69) is 0 Å². The van der Waals surface area contributed by atoms with Gasteiger partial charge in [0, 0.05) is 0 Å². The topological polar surface area (TPSA) is 34.1 Å². The van der Waals surface area contributed by atoms with Crippen LogP contribution in [0, 0.1) is 0 Å². The summed E-state index contributed by atoms with van der Waals surface area (Å²) in [6.45, 7) is 6.72. The lowest BCUT2D eigenvalue weighted by Gasteiger charge is -2.10. The Hall–Kier alpha value is 0.130. The van der Waals surface area contributed by atoms with E-state index < -0.39 is 0 Å². The van der Waals surface area contributed by atoms with E-state index >= 15 is 0 Å². The molecular weight excluding hydrogens is 236 g/mol. The minimum Gasteiger partial charge on any atom is -0.299 e. The van der Waals surface area contributed by atoms with Crippen molar-refractivity contribution in [2.45, 2.75) is 38.2 Å². The van der Waals surface area contributed by atoms with Gasteiger partial charge in [0.2, 0.25) is 0 Å². The first kappa shape index (κ1) is 14.1. The van der Waals surface area contributed by atoms with Gasteiger partial charge in [0.15, 0.2) is 0 Å². The second-order valence-corrected chi connectivity index (χ2v) is 6.88. The molecule has 0 spiro atoms. The van der Waals surface area contributed by atoms with Gasteiger partial charge in [-0.25, -0.2) is 0 Å². The van der Waals surface area contributed by atoms with Crippen LogP contribution in [-0.4, -0.2) is 25.6 Å². The van der Waals surface area contributed by atoms with Crippen LogP contribution in [0.3, 0.4) is 0 Å². The molecule has 5 heteroatoms. The van der Waals surface area contributed by atoms with E-state index in [0.29, 0.717) is 3.53 Å². The quantitative estimate of drug-likeness (QED) is 0.717. The first-order chi connectivity index (χ1) is 6.34. The molecule has 2 atom stereocenters.